The Morgan fingerprint density at radius 1 is 1.11 bits per heavy atom. The highest BCUT2D eigenvalue weighted by Crippen LogP contribution is 2.18. The van der Waals surface area contributed by atoms with E-state index in [1.54, 1.807) is 0 Å². The molecule has 7 heteroatoms. The topological polar surface area (TPSA) is 76.1 Å². The number of carboxylic acids is 1. The fourth-order valence-corrected chi connectivity index (χ4v) is 4.33. The van der Waals surface area contributed by atoms with E-state index in [1.807, 2.05) is 16.8 Å². The van der Waals surface area contributed by atoms with Gasteiger partial charge >= 0.3 is 12.0 Å². The molecule has 0 saturated carbocycles. The Balaban J connectivity index is 1.77. The Morgan fingerprint density at radius 2 is 1.93 bits per heavy atom. The van der Waals surface area contributed by atoms with Crippen molar-refractivity contribution in [1.29, 1.82) is 0 Å². The van der Waals surface area contributed by atoms with Crippen molar-refractivity contribution in [2.24, 2.45) is 0 Å². The van der Waals surface area contributed by atoms with Gasteiger partial charge in [-0.25, -0.2) is 4.79 Å². The average Bonchev–Trinajstić information content (AvgIpc) is 2.91. The number of amides is 2. The number of aliphatic carboxylic acids is 1. The molecule has 2 atom stereocenters. The fraction of sp³-hybridized carbons (Fsp3) is 0.900. The summed E-state index contributed by atoms with van der Waals surface area (Å²) in [5.74, 6) is -0.795. The third-order valence-corrected chi connectivity index (χ3v) is 6.03. The molecule has 27 heavy (non-hydrogen) atoms. The minimum atomic E-state index is -0.795. The molecule has 7 nitrogen and oxygen atoms in total. The van der Waals surface area contributed by atoms with Crippen LogP contribution in [0.2, 0.25) is 0 Å². The first-order chi connectivity index (χ1) is 13.0. The van der Waals surface area contributed by atoms with E-state index in [4.69, 9.17) is 5.11 Å². The van der Waals surface area contributed by atoms with E-state index >= 15 is 0 Å². The maximum atomic E-state index is 12.7. The van der Waals surface area contributed by atoms with Crippen molar-refractivity contribution in [3.8, 4) is 0 Å². The van der Waals surface area contributed by atoms with E-state index in [0.29, 0.717) is 12.6 Å². The van der Waals surface area contributed by atoms with Gasteiger partial charge in [0.15, 0.2) is 0 Å². The van der Waals surface area contributed by atoms with Crippen molar-refractivity contribution in [3.05, 3.63) is 0 Å². The molecule has 2 amide bonds. The van der Waals surface area contributed by atoms with Crippen LogP contribution in [0.15, 0.2) is 0 Å². The van der Waals surface area contributed by atoms with Gasteiger partial charge in [-0.05, 0) is 58.7 Å². The van der Waals surface area contributed by atoms with Crippen LogP contribution in [0, 0.1) is 0 Å². The molecule has 0 radical (unpaired) electrons. The number of hydrogen-bond acceptors (Lipinski definition) is 4. The predicted molar refractivity (Wildman–Crippen MR) is 107 cm³/mol. The molecule has 2 aliphatic heterocycles. The molecule has 2 heterocycles. The van der Waals surface area contributed by atoms with Crippen molar-refractivity contribution in [2.45, 2.75) is 70.4 Å². The van der Waals surface area contributed by atoms with Crippen LogP contribution in [-0.4, -0.2) is 90.2 Å². The van der Waals surface area contributed by atoms with Gasteiger partial charge in [-0.3, -0.25) is 14.6 Å². The number of nitrogens with one attached hydrogen (secondary N) is 1. The van der Waals surface area contributed by atoms with E-state index in [9.17, 15) is 9.59 Å². The van der Waals surface area contributed by atoms with Crippen molar-refractivity contribution in [3.63, 3.8) is 0 Å². The van der Waals surface area contributed by atoms with Crippen molar-refractivity contribution in [1.82, 2.24) is 20.0 Å². The second-order valence-electron chi connectivity index (χ2n) is 8.11. The molecular formula is C20H38N4O3. The number of likely N-dealkylation sites (N-methyl/N-ethyl adjacent to an activating group) is 1. The second kappa shape index (κ2) is 11.5. The Hall–Kier alpha value is -1.34. The molecule has 0 aromatic heterocycles. The number of urea groups is 1. The minimum Gasteiger partial charge on any atom is -0.480 e. The van der Waals surface area contributed by atoms with Crippen LogP contribution >= 0.6 is 0 Å². The van der Waals surface area contributed by atoms with Crippen LogP contribution in [0.4, 0.5) is 4.79 Å². The molecule has 2 saturated heterocycles. The lowest BCUT2D eigenvalue weighted by Crippen LogP contribution is -2.50. The summed E-state index contributed by atoms with van der Waals surface area (Å²) in [4.78, 5) is 29.9. The van der Waals surface area contributed by atoms with E-state index in [0.717, 1.165) is 45.4 Å². The fourth-order valence-electron chi connectivity index (χ4n) is 4.33. The van der Waals surface area contributed by atoms with Crippen LogP contribution in [0.25, 0.3) is 0 Å². The standard InChI is InChI=1S/C20H38N4O3/c1-3-4-11-23-12-6-5-8-18(23)15-21-20(27)24-13-7-9-17(10-14-24)22(2)16-19(25)26/h17-18H,3-16H2,1-2H3,(H,21,27)(H,25,26). The van der Waals surface area contributed by atoms with Crippen molar-refractivity contribution >= 4 is 12.0 Å². The van der Waals surface area contributed by atoms with Crippen LogP contribution in [0.3, 0.4) is 0 Å². The van der Waals surface area contributed by atoms with Gasteiger partial charge in [-0.1, -0.05) is 19.8 Å². The third kappa shape index (κ3) is 7.30. The van der Waals surface area contributed by atoms with E-state index in [1.165, 1.54) is 32.1 Å². The number of carbonyl (C=O) groups is 2. The molecule has 0 bridgehead atoms. The summed E-state index contributed by atoms with van der Waals surface area (Å²) in [6, 6.07) is 0.745. The molecular weight excluding hydrogens is 344 g/mol. The largest absolute Gasteiger partial charge is 0.480 e. The van der Waals surface area contributed by atoms with Crippen molar-refractivity contribution < 1.29 is 14.7 Å². The Labute approximate surface area is 164 Å². The molecule has 2 unspecified atom stereocenters. The number of likely N-dealkylation sites (tertiary alicyclic amines) is 2. The quantitative estimate of drug-likeness (QED) is 0.673. The zero-order valence-corrected chi connectivity index (χ0v) is 17.2. The lowest BCUT2D eigenvalue weighted by Gasteiger charge is -2.36. The zero-order valence-electron chi connectivity index (χ0n) is 17.2. The molecule has 2 fully saturated rings. The summed E-state index contributed by atoms with van der Waals surface area (Å²) >= 11 is 0. The predicted octanol–water partition coefficient (Wildman–Crippen LogP) is 2.22. The molecule has 0 aromatic rings. The molecule has 2 N–H and O–H groups in total. The first-order valence-corrected chi connectivity index (χ1v) is 10.7. The number of unbranched alkanes of at least 4 members (excludes halogenated alkanes) is 1. The normalized spacial score (nSPS) is 24.6. The molecule has 0 aromatic carbocycles. The van der Waals surface area contributed by atoms with Gasteiger partial charge in [-0.15, -0.1) is 0 Å². The minimum absolute atomic E-state index is 0.0394. The van der Waals surface area contributed by atoms with Gasteiger partial charge in [0.2, 0.25) is 0 Å². The second-order valence-corrected chi connectivity index (χ2v) is 8.11. The summed E-state index contributed by atoms with van der Waals surface area (Å²) in [5, 5.41) is 12.1. The SMILES string of the molecule is CCCCN1CCCCC1CNC(=O)N1CCCC(N(C)CC(=O)O)CC1. The third-order valence-electron chi connectivity index (χ3n) is 6.03. The van der Waals surface area contributed by atoms with Crippen molar-refractivity contribution in [2.75, 3.05) is 46.3 Å². The molecule has 2 aliphatic rings. The number of piperidine rings is 1. The zero-order chi connectivity index (χ0) is 19.6. The Morgan fingerprint density at radius 3 is 2.67 bits per heavy atom. The van der Waals surface area contributed by atoms with E-state index in [2.05, 4.69) is 17.1 Å². The van der Waals surface area contributed by atoms with E-state index in [-0.39, 0.29) is 18.6 Å². The number of carboxylic acid groups (broad SMARTS) is 1. The average molecular weight is 383 g/mol. The van der Waals surface area contributed by atoms with E-state index < -0.39 is 5.97 Å². The number of carbonyl (C=O) groups excluding carboxylic acids is 1. The van der Waals surface area contributed by atoms with Crippen LogP contribution < -0.4 is 5.32 Å². The first-order valence-electron chi connectivity index (χ1n) is 10.7. The van der Waals surface area contributed by atoms with Gasteiger partial charge < -0.3 is 15.3 Å². The van der Waals surface area contributed by atoms with Crippen LogP contribution in [0.1, 0.15) is 58.3 Å². The number of nitrogens with zero attached hydrogens (tertiary/aromatic N) is 3. The maximum absolute atomic E-state index is 12.7. The summed E-state index contributed by atoms with van der Waals surface area (Å²) in [6.45, 7) is 6.77. The summed E-state index contributed by atoms with van der Waals surface area (Å²) in [6.07, 6.45) is 8.84. The highest BCUT2D eigenvalue weighted by molar-refractivity contribution is 5.74. The smallest absolute Gasteiger partial charge is 0.317 e. The lowest BCUT2D eigenvalue weighted by molar-refractivity contribution is -0.138. The Bertz CT molecular complexity index is 474. The maximum Gasteiger partial charge on any atom is 0.317 e. The van der Waals surface area contributed by atoms with Crippen LogP contribution in [0.5, 0.6) is 0 Å². The molecule has 0 aliphatic carbocycles. The van der Waals surface area contributed by atoms with Gasteiger partial charge in [0.1, 0.15) is 0 Å². The van der Waals surface area contributed by atoms with Gasteiger partial charge in [0.05, 0.1) is 6.54 Å². The number of hydrogen-bond donors (Lipinski definition) is 2. The highest BCUT2D eigenvalue weighted by Gasteiger charge is 2.26. The van der Waals surface area contributed by atoms with Gasteiger partial charge in [0, 0.05) is 31.7 Å². The first kappa shape index (κ1) is 22.0. The lowest BCUT2D eigenvalue weighted by atomic mass is 10.0. The molecule has 2 rings (SSSR count). The Kier molecular flexibility index (Phi) is 9.34. The van der Waals surface area contributed by atoms with Gasteiger partial charge in [-0.2, -0.15) is 0 Å². The van der Waals surface area contributed by atoms with Gasteiger partial charge in [0.25, 0.3) is 0 Å². The molecule has 156 valence electrons. The number of rotatable bonds is 8. The highest BCUT2D eigenvalue weighted by atomic mass is 16.4. The summed E-state index contributed by atoms with van der Waals surface area (Å²) in [5.41, 5.74) is 0. The van der Waals surface area contributed by atoms with Crippen LogP contribution in [-0.2, 0) is 4.79 Å². The summed E-state index contributed by atoms with van der Waals surface area (Å²) in [7, 11) is 1.86. The molecule has 0 spiro atoms. The summed E-state index contributed by atoms with van der Waals surface area (Å²) < 4.78 is 0. The monoisotopic (exact) mass is 382 g/mol.